The van der Waals surface area contributed by atoms with Crippen LogP contribution >= 0.6 is 23.8 Å². The van der Waals surface area contributed by atoms with Gasteiger partial charge in [-0.15, -0.1) is 0 Å². The Balaban J connectivity index is 2.51. The SMILES string of the molecule is COCCn1c(-c2cccc(Cl)c2C)n[nH]c1=S. The Labute approximate surface area is 116 Å². The van der Waals surface area contributed by atoms with Crippen molar-refractivity contribution in [2.45, 2.75) is 13.5 Å². The molecule has 0 unspecified atom stereocenters. The minimum absolute atomic E-state index is 0.584. The Kier molecular flexibility index (Phi) is 4.16. The number of rotatable bonds is 4. The van der Waals surface area contributed by atoms with Crippen molar-refractivity contribution in [3.63, 3.8) is 0 Å². The second-order valence-electron chi connectivity index (χ2n) is 3.91. The third-order valence-electron chi connectivity index (χ3n) is 2.79. The summed E-state index contributed by atoms with van der Waals surface area (Å²) < 4.78 is 7.58. The zero-order chi connectivity index (χ0) is 13.1. The van der Waals surface area contributed by atoms with E-state index in [4.69, 9.17) is 28.6 Å². The van der Waals surface area contributed by atoms with Crippen LogP contribution in [0.4, 0.5) is 0 Å². The van der Waals surface area contributed by atoms with E-state index in [2.05, 4.69) is 10.2 Å². The molecule has 0 saturated heterocycles. The molecule has 1 aromatic carbocycles. The molecule has 0 aliphatic carbocycles. The van der Waals surface area contributed by atoms with Gasteiger partial charge in [-0.1, -0.05) is 23.7 Å². The van der Waals surface area contributed by atoms with Gasteiger partial charge in [0.15, 0.2) is 10.6 Å². The second kappa shape index (κ2) is 5.65. The van der Waals surface area contributed by atoms with E-state index in [-0.39, 0.29) is 0 Å². The van der Waals surface area contributed by atoms with E-state index < -0.39 is 0 Å². The monoisotopic (exact) mass is 283 g/mol. The highest BCUT2D eigenvalue weighted by Gasteiger charge is 2.12. The van der Waals surface area contributed by atoms with Gasteiger partial charge < -0.3 is 4.74 Å². The molecule has 4 nitrogen and oxygen atoms in total. The molecule has 1 aromatic heterocycles. The Hall–Kier alpha value is -1.17. The first kappa shape index (κ1) is 13.3. The van der Waals surface area contributed by atoms with Crippen molar-refractivity contribution in [1.82, 2.24) is 14.8 Å². The number of ether oxygens (including phenoxy) is 1. The largest absolute Gasteiger partial charge is 0.383 e. The van der Waals surface area contributed by atoms with Crippen LogP contribution in [-0.2, 0) is 11.3 Å². The average molecular weight is 284 g/mol. The fourth-order valence-corrected chi connectivity index (χ4v) is 2.16. The molecule has 0 bridgehead atoms. The highest BCUT2D eigenvalue weighted by Crippen LogP contribution is 2.26. The molecule has 0 fully saturated rings. The van der Waals surface area contributed by atoms with Crippen molar-refractivity contribution >= 4 is 23.8 Å². The summed E-state index contributed by atoms with van der Waals surface area (Å²) in [7, 11) is 1.66. The highest BCUT2D eigenvalue weighted by atomic mass is 35.5. The molecule has 0 spiro atoms. The van der Waals surface area contributed by atoms with Crippen LogP contribution in [0.1, 0.15) is 5.56 Å². The number of H-pyrrole nitrogens is 1. The van der Waals surface area contributed by atoms with Crippen LogP contribution < -0.4 is 0 Å². The molecule has 0 atom stereocenters. The van der Waals surface area contributed by atoms with Gasteiger partial charge in [-0.3, -0.25) is 9.67 Å². The lowest BCUT2D eigenvalue weighted by molar-refractivity contribution is 0.187. The van der Waals surface area contributed by atoms with E-state index in [0.717, 1.165) is 22.0 Å². The molecule has 96 valence electrons. The van der Waals surface area contributed by atoms with Gasteiger partial charge in [0.1, 0.15) is 0 Å². The molecule has 18 heavy (non-hydrogen) atoms. The molecule has 0 aliphatic rings. The number of aromatic nitrogens is 3. The van der Waals surface area contributed by atoms with Crippen molar-refractivity contribution in [1.29, 1.82) is 0 Å². The summed E-state index contributed by atoms with van der Waals surface area (Å²) in [6.07, 6.45) is 0. The average Bonchev–Trinajstić information content (AvgIpc) is 2.72. The van der Waals surface area contributed by atoms with Crippen molar-refractivity contribution in [2.75, 3.05) is 13.7 Å². The van der Waals surface area contributed by atoms with E-state index in [9.17, 15) is 0 Å². The Morgan fingerprint density at radius 2 is 2.28 bits per heavy atom. The van der Waals surface area contributed by atoms with Crippen LogP contribution in [0.3, 0.4) is 0 Å². The van der Waals surface area contributed by atoms with E-state index in [1.54, 1.807) is 7.11 Å². The molecule has 0 amide bonds. The minimum atomic E-state index is 0.584. The summed E-state index contributed by atoms with van der Waals surface area (Å²) in [5.41, 5.74) is 1.97. The van der Waals surface area contributed by atoms with Crippen LogP contribution in [0.5, 0.6) is 0 Å². The maximum atomic E-state index is 6.13. The predicted octanol–water partition coefficient (Wildman–Crippen LogP) is 3.22. The lowest BCUT2D eigenvalue weighted by Gasteiger charge is -2.09. The lowest BCUT2D eigenvalue weighted by atomic mass is 10.1. The number of nitrogens with zero attached hydrogens (tertiary/aromatic N) is 2. The van der Waals surface area contributed by atoms with Crippen LogP contribution in [0, 0.1) is 11.7 Å². The maximum Gasteiger partial charge on any atom is 0.195 e. The first-order valence-corrected chi connectivity index (χ1v) is 6.33. The van der Waals surface area contributed by atoms with Crippen LogP contribution in [0.15, 0.2) is 18.2 Å². The first-order valence-electron chi connectivity index (χ1n) is 5.54. The van der Waals surface area contributed by atoms with E-state index in [0.29, 0.717) is 17.9 Å². The molecular formula is C12H14ClN3OS. The predicted molar refractivity (Wildman–Crippen MR) is 74.5 cm³/mol. The molecule has 1 N–H and O–H groups in total. The first-order chi connectivity index (χ1) is 8.65. The van der Waals surface area contributed by atoms with E-state index in [1.807, 2.05) is 29.7 Å². The fraction of sp³-hybridized carbons (Fsp3) is 0.333. The summed E-state index contributed by atoms with van der Waals surface area (Å²) in [5.74, 6) is 0.789. The molecular weight excluding hydrogens is 270 g/mol. The minimum Gasteiger partial charge on any atom is -0.383 e. The number of hydrogen-bond acceptors (Lipinski definition) is 3. The van der Waals surface area contributed by atoms with Crippen molar-refractivity contribution in [2.24, 2.45) is 0 Å². The van der Waals surface area contributed by atoms with Crippen molar-refractivity contribution in [3.05, 3.63) is 33.6 Å². The standard InChI is InChI=1S/C12H14ClN3OS/c1-8-9(4-3-5-10(8)13)11-14-15-12(18)16(11)6-7-17-2/h3-5H,6-7H2,1-2H3,(H,15,18). The van der Waals surface area contributed by atoms with Crippen molar-refractivity contribution < 1.29 is 4.74 Å². The third-order valence-corrected chi connectivity index (χ3v) is 3.51. The summed E-state index contributed by atoms with van der Waals surface area (Å²) in [6.45, 7) is 3.21. The molecule has 0 saturated carbocycles. The summed E-state index contributed by atoms with van der Waals surface area (Å²) in [5, 5.41) is 7.80. The number of benzene rings is 1. The Morgan fingerprint density at radius 1 is 1.50 bits per heavy atom. The molecule has 2 aromatic rings. The van der Waals surface area contributed by atoms with Gasteiger partial charge in [-0.2, -0.15) is 5.10 Å². The molecule has 0 radical (unpaired) electrons. The second-order valence-corrected chi connectivity index (χ2v) is 4.70. The van der Waals surface area contributed by atoms with Crippen molar-refractivity contribution in [3.8, 4) is 11.4 Å². The van der Waals surface area contributed by atoms with Gasteiger partial charge in [-0.25, -0.2) is 0 Å². The van der Waals surface area contributed by atoms with Crippen LogP contribution in [0.25, 0.3) is 11.4 Å². The maximum absolute atomic E-state index is 6.13. The van der Waals surface area contributed by atoms with E-state index >= 15 is 0 Å². The zero-order valence-corrected chi connectivity index (χ0v) is 11.8. The Bertz CT molecular complexity index is 606. The van der Waals surface area contributed by atoms with Gasteiger partial charge in [0.05, 0.1) is 13.2 Å². The van der Waals surface area contributed by atoms with Gasteiger partial charge in [0.2, 0.25) is 0 Å². The molecule has 1 heterocycles. The topological polar surface area (TPSA) is 42.8 Å². The molecule has 6 heteroatoms. The normalized spacial score (nSPS) is 10.8. The Morgan fingerprint density at radius 3 is 3.00 bits per heavy atom. The zero-order valence-electron chi connectivity index (χ0n) is 10.2. The highest BCUT2D eigenvalue weighted by molar-refractivity contribution is 7.71. The number of hydrogen-bond donors (Lipinski definition) is 1. The lowest BCUT2D eigenvalue weighted by Crippen LogP contribution is -2.06. The van der Waals surface area contributed by atoms with Gasteiger partial charge in [0.25, 0.3) is 0 Å². The number of methoxy groups -OCH3 is 1. The number of nitrogens with one attached hydrogen (secondary N) is 1. The number of halogens is 1. The summed E-state index contributed by atoms with van der Waals surface area (Å²) in [4.78, 5) is 0. The molecule has 2 rings (SSSR count). The fourth-order valence-electron chi connectivity index (χ4n) is 1.76. The van der Waals surface area contributed by atoms with Gasteiger partial charge >= 0.3 is 0 Å². The summed E-state index contributed by atoms with van der Waals surface area (Å²) in [6, 6.07) is 5.75. The molecule has 0 aliphatic heterocycles. The number of aromatic amines is 1. The van der Waals surface area contributed by atoms with Crippen LogP contribution in [-0.4, -0.2) is 28.5 Å². The van der Waals surface area contributed by atoms with Gasteiger partial charge in [-0.05, 0) is 30.8 Å². The van der Waals surface area contributed by atoms with E-state index in [1.165, 1.54) is 0 Å². The van der Waals surface area contributed by atoms with Gasteiger partial charge in [0, 0.05) is 17.7 Å². The summed E-state index contributed by atoms with van der Waals surface area (Å²) >= 11 is 11.3. The quantitative estimate of drug-likeness (QED) is 0.876. The third kappa shape index (κ3) is 2.48. The van der Waals surface area contributed by atoms with Crippen LogP contribution in [0.2, 0.25) is 5.02 Å². The smallest absolute Gasteiger partial charge is 0.195 e.